The molecule has 0 heterocycles. The largest absolute Gasteiger partial charge is 0.428 e. The molecule has 1 aliphatic rings. The minimum absolute atomic E-state index is 0.603. The lowest BCUT2D eigenvalue weighted by Crippen LogP contribution is -2.21. The van der Waals surface area contributed by atoms with Gasteiger partial charge in [-0.15, -0.1) is 0 Å². The minimum Gasteiger partial charge on any atom is -0.428 e. The van der Waals surface area contributed by atoms with Crippen molar-refractivity contribution < 1.29 is 9.53 Å². The molecule has 12 heavy (non-hydrogen) atoms. The number of halogens is 3. The van der Waals surface area contributed by atoms with E-state index in [2.05, 4.69) is 0 Å². The summed E-state index contributed by atoms with van der Waals surface area (Å²) in [6.07, 6.45) is 4.48. The fourth-order valence-corrected chi connectivity index (χ4v) is 1.03. The Hall–Kier alpha value is 0.0800. The van der Waals surface area contributed by atoms with Crippen LogP contribution in [0.4, 0.5) is 0 Å². The molecule has 0 aromatic heterocycles. The van der Waals surface area contributed by atoms with Crippen LogP contribution in [0.15, 0.2) is 11.8 Å². The highest BCUT2D eigenvalue weighted by molar-refractivity contribution is 6.75. The number of alkyl halides is 3. The second kappa shape index (κ2) is 3.86. The Kier molecular flexibility index (Phi) is 3.27. The molecule has 0 unspecified atom stereocenters. The maximum atomic E-state index is 11.0. The first-order valence-corrected chi connectivity index (χ1v) is 4.61. The standard InChI is InChI=1S/C7H7Cl3O2/c8-7(9,10)6(11)12-5-3-1-2-4-5/h3H,1-2,4H2. The molecule has 0 saturated heterocycles. The molecule has 0 N–H and O–H groups in total. The van der Waals surface area contributed by atoms with Crippen molar-refractivity contribution in [3.8, 4) is 0 Å². The van der Waals surface area contributed by atoms with Crippen LogP contribution in [0.25, 0.3) is 0 Å². The van der Waals surface area contributed by atoms with Gasteiger partial charge < -0.3 is 4.74 Å². The molecule has 0 saturated carbocycles. The molecule has 0 spiro atoms. The third-order valence-electron chi connectivity index (χ3n) is 1.45. The van der Waals surface area contributed by atoms with Gasteiger partial charge in [-0.2, -0.15) is 0 Å². The molecule has 2 nitrogen and oxygen atoms in total. The van der Waals surface area contributed by atoms with E-state index in [1.54, 1.807) is 0 Å². The van der Waals surface area contributed by atoms with Gasteiger partial charge in [0, 0.05) is 6.42 Å². The molecule has 1 rings (SSSR count). The van der Waals surface area contributed by atoms with E-state index in [0.717, 1.165) is 19.3 Å². The van der Waals surface area contributed by atoms with Crippen molar-refractivity contribution in [1.82, 2.24) is 0 Å². The van der Waals surface area contributed by atoms with Gasteiger partial charge in [-0.1, -0.05) is 34.8 Å². The van der Waals surface area contributed by atoms with Gasteiger partial charge in [-0.25, -0.2) is 4.79 Å². The Morgan fingerprint density at radius 1 is 1.50 bits per heavy atom. The van der Waals surface area contributed by atoms with Gasteiger partial charge in [0.2, 0.25) is 0 Å². The summed E-state index contributed by atoms with van der Waals surface area (Å²) in [5.41, 5.74) is 0. The number of carbonyl (C=O) groups is 1. The Morgan fingerprint density at radius 3 is 2.58 bits per heavy atom. The van der Waals surface area contributed by atoms with Crippen molar-refractivity contribution in [2.24, 2.45) is 0 Å². The van der Waals surface area contributed by atoms with Gasteiger partial charge in [-0.05, 0) is 18.9 Å². The second-order valence-electron chi connectivity index (χ2n) is 2.45. The predicted octanol–water partition coefficient (Wildman–Crippen LogP) is 2.97. The third kappa shape index (κ3) is 2.85. The minimum atomic E-state index is -1.97. The molecule has 1 aliphatic carbocycles. The van der Waals surface area contributed by atoms with Crippen molar-refractivity contribution in [2.45, 2.75) is 23.1 Å². The van der Waals surface area contributed by atoms with Crippen LogP contribution in [-0.2, 0) is 9.53 Å². The van der Waals surface area contributed by atoms with Crippen LogP contribution in [0.5, 0.6) is 0 Å². The Morgan fingerprint density at radius 2 is 2.17 bits per heavy atom. The zero-order valence-corrected chi connectivity index (χ0v) is 8.42. The first-order valence-electron chi connectivity index (χ1n) is 3.48. The smallest absolute Gasteiger partial charge is 0.363 e. The first-order chi connectivity index (χ1) is 5.50. The van der Waals surface area contributed by atoms with Crippen molar-refractivity contribution in [3.63, 3.8) is 0 Å². The number of rotatable bonds is 1. The lowest BCUT2D eigenvalue weighted by atomic mass is 10.4. The average Bonchev–Trinajstić information content (AvgIpc) is 2.37. The summed E-state index contributed by atoms with van der Waals surface area (Å²) in [5.74, 6) is -0.230. The maximum Gasteiger partial charge on any atom is 0.363 e. The maximum absolute atomic E-state index is 11.0. The van der Waals surface area contributed by atoms with E-state index in [9.17, 15) is 4.79 Å². The van der Waals surface area contributed by atoms with E-state index in [1.165, 1.54) is 0 Å². The highest BCUT2D eigenvalue weighted by Crippen LogP contribution is 2.30. The zero-order valence-electron chi connectivity index (χ0n) is 6.15. The molecule has 68 valence electrons. The highest BCUT2D eigenvalue weighted by Gasteiger charge is 2.33. The molecular formula is C7H7Cl3O2. The summed E-state index contributed by atoms with van der Waals surface area (Å²) in [6, 6.07) is 0. The van der Waals surface area contributed by atoms with Gasteiger partial charge in [0.1, 0.15) is 5.76 Å². The topological polar surface area (TPSA) is 26.3 Å². The molecule has 0 atom stereocenters. The van der Waals surface area contributed by atoms with Crippen LogP contribution in [0.2, 0.25) is 0 Å². The van der Waals surface area contributed by atoms with E-state index >= 15 is 0 Å². The van der Waals surface area contributed by atoms with Gasteiger partial charge in [-0.3, -0.25) is 0 Å². The number of hydrogen-bond donors (Lipinski definition) is 0. The molecule has 0 aromatic rings. The summed E-state index contributed by atoms with van der Waals surface area (Å²) in [6.45, 7) is 0. The van der Waals surface area contributed by atoms with Crippen molar-refractivity contribution >= 4 is 40.8 Å². The monoisotopic (exact) mass is 228 g/mol. The van der Waals surface area contributed by atoms with E-state index in [-0.39, 0.29) is 0 Å². The summed E-state index contributed by atoms with van der Waals surface area (Å²) in [4.78, 5) is 11.0. The van der Waals surface area contributed by atoms with Crippen LogP contribution in [0.3, 0.4) is 0 Å². The van der Waals surface area contributed by atoms with Crippen molar-refractivity contribution in [2.75, 3.05) is 0 Å². The average molecular weight is 229 g/mol. The van der Waals surface area contributed by atoms with Crippen LogP contribution >= 0.6 is 34.8 Å². The summed E-state index contributed by atoms with van der Waals surface area (Å²) in [5, 5.41) is 0. The summed E-state index contributed by atoms with van der Waals surface area (Å²) in [7, 11) is 0. The van der Waals surface area contributed by atoms with Crippen molar-refractivity contribution in [1.29, 1.82) is 0 Å². The Balaban J connectivity index is 2.46. The van der Waals surface area contributed by atoms with Gasteiger partial charge >= 0.3 is 5.97 Å². The van der Waals surface area contributed by atoms with E-state index in [0.29, 0.717) is 5.76 Å². The molecule has 0 amide bonds. The number of carbonyl (C=O) groups excluding carboxylic acids is 1. The Bertz CT molecular complexity index is 217. The van der Waals surface area contributed by atoms with E-state index in [1.807, 2.05) is 6.08 Å². The number of ether oxygens (including phenoxy) is 1. The lowest BCUT2D eigenvalue weighted by Gasteiger charge is -2.10. The van der Waals surface area contributed by atoms with Crippen LogP contribution in [0, 0.1) is 0 Å². The predicted molar refractivity (Wildman–Crippen MR) is 48.3 cm³/mol. The summed E-state index contributed by atoms with van der Waals surface area (Å²) < 4.78 is 2.83. The zero-order chi connectivity index (χ0) is 9.19. The second-order valence-corrected chi connectivity index (χ2v) is 4.73. The fraction of sp³-hybridized carbons (Fsp3) is 0.571. The van der Waals surface area contributed by atoms with Gasteiger partial charge in [0.15, 0.2) is 0 Å². The molecule has 0 bridgehead atoms. The normalized spacial score (nSPS) is 17.4. The van der Waals surface area contributed by atoms with Gasteiger partial charge in [0.25, 0.3) is 3.79 Å². The quantitative estimate of drug-likeness (QED) is 0.510. The van der Waals surface area contributed by atoms with Crippen molar-refractivity contribution in [3.05, 3.63) is 11.8 Å². The fourth-order valence-electron chi connectivity index (χ4n) is 0.911. The molecule has 0 fully saturated rings. The summed E-state index contributed by atoms with van der Waals surface area (Å²) >= 11 is 15.9. The Labute approximate surface area is 85.4 Å². The molecule has 0 radical (unpaired) electrons. The number of allylic oxidation sites excluding steroid dienone is 2. The SMILES string of the molecule is O=C(OC1=CCCC1)C(Cl)(Cl)Cl. The molecule has 5 heteroatoms. The number of esters is 1. The lowest BCUT2D eigenvalue weighted by molar-refractivity contribution is -0.138. The molecule has 0 aliphatic heterocycles. The van der Waals surface area contributed by atoms with E-state index < -0.39 is 9.76 Å². The molecule has 0 aromatic carbocycles. The third-order valence-corrected chi connectivity index (χ3v) is 1.92. The van der Waals surface area contributed by atoms with Crippen LogP contribution in [0.1, 0.15) is 19.3 Å². The van der Waals surface area contributed by atoms with E-state index in [4.69, 9.17) is 39.5 Å². The van der Waals surface area contributed by atoms with Crippen LogP contribution in [-0.4, -0.2) is 9.76 Å². The van der Waals surface area contributed by atoms with Crippen LogP contribution < -0.4 is 0 Å². The highest BCUT2D eigenvalue weighted by atomic mass is 35.6. The van der Waals surface area contributed by atoms with Gasteiger partial charge in [0.05, 0.1) is 0 Å². The molecular weight excluding hydrogens is 222 g/mol. The number of hydrogen-bond acceptors (Lipinski definition) is 2. The first kappa shape index (κ1) is 10.2.